The lowest BCUT2D eigenvalue weighted by Crippen LogP contribution is -2.43. The summed E-state index contributed by atoms with van der Waals surface area (Å²) >= 11 is 0. The van der Waals surface area contributed by atoms with Crippen LogP contribution in [0.3, 0.4) is 0 Å². The second kappa shape index (κ2) is 8.39. The van der Waals surface area contributed by atoms with Crippen molar-refractivity contribution < 1.29 is 22.1 Å². The van der Waals surface area contributed by atoms with Gasteiger partial charge in [0.1, 0.15) is 5.60 Å². The molecule has 1 aromatic rings. The van der Waals surface area contributed by atoms with Crippen molar-refractivity contribution in [1.82, 2.24) is 4.90 Å². The third kappa shape index (κ3) is 6.29. The lowest BCUT2D eigenvalue weighted by molar-refractivity contribution is 0.0154. The number of hydrogen-bond donors (Lipinski definition) is 0. The van der Waals surface area contributed by atoms with Gasteiger partial charge in [-0.15, -0.1) is 0 Å². The number of hydrogen-bond acceptors (Lipinski definition) is 5. The van der Waals surface area contributed by atoms with Gasteiger partial charge in [0, 0.05) is 13.1 Å². The largest absolute Gasteiger partial charge is 0.444 e. The Balaban J connectivity index is 1.83. The van der Waals surface area contributed by atoms with E-state index < -0.39 is 15.7 Å². The molecule has 1 aliphatic rings. The number of likely N-dealkylation sites (tertiary alicyclic amines) is 1. The molecule has 1 aromatic carbocycles. The van der Waals surface area contributed by atoms with Crippen molar-refractivity contribution in [2.24, 2.45) is 5.92 Å². The molecule has 146 valence electrons. The molecule has 1 amide bonds. The highest BCUT2D eigenvalue weighted by atomic mass is 32.2. The van der Waals surface area contributed by atoms with Gasteiger partial charge in [-0.25, -0.2) is 4.79 Å². The number of aryl methyl sites for hydroxylation is 1. The molecule has 1 atom stereocenters. The highest BCUT2D eigenvalue weighted by Gasteiger charge is 2.28. The van der Waals surface area contributed by atoms with Gasteiger partial charge in [-0.3, -0.25) is 4.18 Å². The Morgan fingerprint density at radius 1 is 1.23 bits per heavy atom. The molecule has 1 fully saturated rings. The van der Waals surface area contributed by atoms with Crippen LogP contribution in [-0.4, -0.2) is 44.7 Å². The predicted octanol–water partition coefficient (Wildman–Crippen LogP) is 3.74. The van der Waals surface area contributed by atoms with Gasteiger partial charge in [0.05, 0.1) is 11.5 Å². The first-order valence-electron chi connectivity index (χ1n) is 9.01. The first-order chi connectivity index (χ1) is 12.1. The van der Waals surface area contributed by atoms with Gasteiger partial charge in [-0.2, -0.15) is 8.42 Å². The molecule has 0 N–H and O–H groups in total. The molecule has 1 saturated heterocycles. The average molecular weight is 384 g/mol. The molecule has 0 spiro atoms. The van der Waals surface area contributed by atoms with Gasteiger partial charge in [-0.05, 0) is 65.0 Å². The van der Waals surface area contributed by atoms with E-state index in [9.17, 15) is 13.2 Å². The monoisotopic (exact) mass is 383 g/mol. The molecule has 1 aliphatic heterocycles. The zero-order valence-electron chi connectivity index (χ0n) is 16.0. The predicted molar refractivity (Wildman–Crippen MR) is 99.5 cm³/mol. The Morgan fingerprint density at radius 3 is 2.50 bits per heavy atom. The van der Waals surface area contributed by atoms with Crippen molar-refractivity contribution in [3.63, 3.8) is 0 Å². The fourth-order valence-corrected chi connectivity index (χ4v) is 3.81. The van der Waals surface area contributed by atoms with Gasteiger partial charge in [0.25, 0.3) is 10.1 Å². The molecule has 7 heteroatoms. The number of nitrogens with zero attached hydrogens (tertiary/aromatic N) is 1. The van der Waals surface area contributed by atoms with E-state index in [0.29, 0.717) is 19.5 Å². The number of benzene rings is 1. The number of ether oxygens (including phenoxy) is 1. The highest BCUT2D eigenvalue weighted by Crippen LogP contribution is 2.22. The van der Waals surface area contributed by atoms with Crippen molar-refractivity contribution in [3.05, 3.63) is 29.8 Å². The lowest BCUT2D eigenvalue weighted by atomic mass is 9.95. The Bertz CT molecular complexity index is 706. The second-order valence-electron chi connectivity index (χ2n) is 7.81. The molecule has 0 aliphatic carbocycles. The third-order valence-corrected chi connectivity index (χ3v) is 5.57. The van der Waals surface area contributed by atoms with E-state index >= 15 is 0 Å². The minimum Gasteiger partial charge on any atom is -0.444 e. The molecule has 0 bridgehead atoms. The maximum atomic E-state index is 12.2. The van der Waals surface area contributed by atoms with Crippen molar-refractivity contribution in [3.8, 4) is 0 Å². The molecule has 1 heterocycles. The molecule has 0 aromatic heterocycles. The van der Waals surface area contributed by atoms with Gasteiger partial charge >= 0.3 is 6.09 Å². The Kier molecular flexibility index (Phi) is 6.69. The first kappa shape index (κ1) is 20.7. The summed E-state index contributed by atoms with van der Waals surface area (Å²) in [5.74, 6) is 0.212. The molecule has 1 unspecified atom stereocenters. The second-order valence-corrected chi connectivity index (χ2v) is 9.43. The normalized spacial score (nSPS) is 18.6. The van der Waals surface area contributed by atoms with E-state index in [1.165, 1.54) is 0 Å². The molecule has 6 nitrogen and oxygen atoms in total. The van der Waals surface area contributed by atoms with Gasteiger partial charge in [0.15, 0.2) is 0 Å². The zero-order valence-corrected chi connectivity index (χ0v) is 16.8. The van der Waals surface area contributed by atoms with Crippen LogP contribution in [0.25, 0.3) is 0 Å². The molecule has 0 saturated carbocycles. The van der Waals surface area contributed by atoms with Gasteiger partial charge in [-0.1, -0.05) is 17.7 Å². The van der Waals surface area contributed by atoms with E-state index in [2.05, 4.69) is 0 Å². The van der Waals surface area contributed by atoms with E-state index in [1.807, 2.05) is 27.7 Å². The summed E-state index contributed by atoms with van der Waals surface area (Å²) in [4.78, 5) is 14.1. The summed E-state index contributed by atoms with van der Waals surface area (Å²) in [6.07, 6.45) is 2.11. The topological polar surface area (TPSA) is 72.9 Å². The number of rotatable bonds is 5. The quantitative estimate of drug-likeness (QED) is 0.724. The smallest absolute Gasteiger partial charge is 0.410 e. The minimum absolute atomic E-state index is 0.114. The van der Waals surface area contributed by atoms with Crippen LogP contribution in [0.4, 0.5) is 4.79 Å². The SMILES string of the molecule is Cc1ccc(S(=O)(=O)OCCC2CCCN(C(=O)OC(C)(C)C)C2)cc1. The summed E-state index contributed by atoms with van der Waals surface area (Å²) < 4.78 is 35.0. The fraction of sp³-hybridized carbons (Fsp3) is 0.632. The summed E-state index contributed by atoms with van der Waals surface area (Å²) in [5.41, 5.74) is 0.475. The summed E-state index contributed by atoms with van der Waals surface area (Å²) in [6.45, 7) is 8.79. The standard InChI is InChI=1S/C19H29NO5S/c1-15-7-9-17(10-8-15)26(22,23)24-13-11-16-6-5-12-20(14-16)18(21)25-19(2,3)4/h7-10,16H,5-6,11-14H2,1-4H3. The molecule has 2 rings (SSSR count). The van der Waals surface area contributed by atoms with Crippen LogP contribution in [-0.2, 0) is 19.0 Å². The minimum atomic E-state index is -3.74. The van der Waals surface area contributed by atoms with Crippen LogP contribution in [0.1, 0.15) is 45.6 Å². The van der Waals surface area contributed by atoms with Crippen LogP contribution in [0, 0.1) is 12.8 Å². The lowest BCUT2D eigenvalue weighted by Gasteiger charge is -2.34. The number of carbonyl (C=O) groups excluding carboxylic acids is 1. The summed E-state index contributed by atoms with van der Waals surface area (Å²) in [5, 5.41) is 0. The highest BCUT2D eigenvalue weighted by molar-refractivity contribution is 7.86. The maximum Gasteiger partial charge on any atom is 0.410 e. The van der Waals surface area contributed by atoms with Crippen LogP contribution < -0.4 is 0 Å². The Hall–Kier alpha value is -1.60. The average Bonchev–Trinajstić information content (AvgIpc) is 2.54. The van der Waals surface area contributed by atoms with E-state index in [-0.39, 0.29) is 23.5 Å². The molecular weight excluding hydrogens is 354 g/mol. The van der Waals surface area contributed by atoms with Crippen molar-refractivity contribution in [2.45, 2.75) is 57.5 Å². The van der Waals surface area contributed by atoms with Crippen molar-refractivity contribution in [1.29, 1.82) is 0 Å². The molecular formula is C19H29NO5S. The third-order valence-electron chi connectivity index (χ3n) is 4.24. The van der Waals surface area contributed by atoms with Crippen LogP contribution in [0.2, 0.25) is 0 Å². The van der Waals surface area contributed by atoms with Crippen LogP contribution >= 0.6 is 0 Å². The van der Waals surface area contributed by atoms with E-state index in [0.717, 1.165) is 18.4 Å². The van der Waals surface area contributed by atoms with Crippen LogP contribution in [0.5, 0.6) is 0 Å². The van der Waals surface area contributed by atoms with Crippen molar-refractivity contribution in [2.75, 3.05) is 19.7 Å². The van der Waals surface area contributed by atoms with Crippen molar-refractivity contribution >= 4 is 16.2 Å². The van der Waals surface area contributed by atoms with E-state index in [4.69, 9.17) is 8.92 Å². The number of carbonyl (C=O) groups is 1. The summed E-state index contributed by atoms with van der Waals surface area (Å²) in [6, 6.07) is 6.59. The maximum absolute atomic E-state index is 12.2. The first-order valence-corrected chi connectivity index (χ1v) is 10.4. The van der Waals surface area contributed by atoms with Gasteiger partial charge in [0.2, 0.25) is 0 Å². The zero-order chi connectivity index (χ0) is 19.4. The Morgan fingerprint density at radius 2 is 1.88 bits per heavy atom. The summed E-state index contributed by atoms with van der Waals surface area (Å²) in [7, 11) is -3.74. The number of piperidine rings is 1. The molecule has 0 radical (unpaired) electrons. The van der Waals surface area contributed by atoms with Gasteiger partial charge < -0.3 is 9.64 Å². The van der Waals surface area contributed by atoms with E-state index in [1.54, 1.807) is 29.2 Å². The fourth-order valence-electron chi connectivity index (χ4n) is 2.89. The van der Waals surface area contributed by atoms with Crippen LogP contribution in [0.15, 0.2) is 29.2 Å². The number of amides is 1. The Labute approximate surface area is 156 Å². The molecule has 26 heavy (non-hydrogen) atoms.